The van der Waals surface area contributed by atoms with Crippen LogP contribution in [-0.4, -0.2) is 29.3 Å². The number of nitrogens with two attached hydrogens (primary N) is 1. The summed E-state index contributed by atoms with van der Waals surface area (Å²) in [5, 5.41) is 19.9. The van der Waals surface area contributed by atoms with E-state index in [4.69, 9.17) is 33.7 Å². The second kappa shape index (κ2) is 6.31. The Morgan fingerprint density at radius 3 is 2.59 bits per heavy atom. The maximum Gasteiger partial charge on any atom is 0.142 e. The number of nitrogen functional groups attached to an aromatic ring is 1. The highest BCUT2D eigenvalue weighted by Gasteiger charge is 2.21. The fourth-order valence-corrected chi connectivity index (χ4v) is 1.97. The first-order valence-electron chi connectivity index (χ1n) is 5.06. The Bertz CT molecular complexity index is 387. The molecule has 0 saturated carbocycles. The van der Waals surface area contributed by atoms with Crippen LogP contribution in [0.15, 0.2) is 12.1 Å². The minimum absolute atomic E-state index is 0.252. The monoisotopic (exact) mass is 279 g/mol. The molecular formula is C11H15Cl2NO3. The molecular weight excluding hydrogens is 265 g/mol. The van der Waals surface area contributed by atoms with Gasteiger partial charge < -0.3 is 20.7 Å². The van der Waals surface area contributed by atoms with Gasteiger partial charge in [0.15, 0.2) is 0 Å². The van der Waals surface area contributed by atoms with Crippen molar-refractivity contribution in [3.63, 3.8) is 0 Å². The van der Waals surface area contributed by atoms with E-state index < -0.39 is 12.2 Å². The highest BCUT2D eigenvalue weighted by atomic mass is 35.5. The molecule has 4 N–H and O–H groups in total. The van der Waals surface area contributed by atoms with Crippen molar-refractivity contribution in [3.8, 4) is 5.75 Å². The summed E-state index contributed by atoms with van der Waals surface area (Å²) < 4.78 is 5.03. The number of alkyl halides is 1. The molecule has 4 nitrogen and oxygen atoms in total. The summed E-state index contributed by atoms with van der Waals surface area (Å²) in [5.41, 5.74) is 6.41. The van der Waals surface area contributed by atoms with Crippen molar-refractivity contribution in [2.45, 2.75) is 18.6 Å². The zero-order valence-corrected chi connectivity index (χ0v) is 10.9. The minimum Gasteiger partial charge on any atom is -0.495 e. The molecule has 0 spiro atoms. The molecule has 0 aliphatic rings. The van der Waals surface area contributed by atoms with Crippen molar-refractivity contribution in [1.82, 2.24) is 0 Å². The third-order valence-corrected chi connectivity index (χ3v) is 2.98. The maximum absolute atomic E-state index is 9.92. The van der Waals surface area contributed by atoms with Crippen molar-refractivity contribution < 1.29 is 14.9 Å². The molecule has 2 atom stereocenters. The SMILES string of the molecule is COc1cc(C(O)C(O)CCCl)c(Cl)cc1N. The smallest absolute Gasteiger partial charge is 0.142 e. The Hall–Kier alpha value is -0.680. The van der Waals surface area contributed by atoms with Gasteiger partial charge in [-0.1, -0.05) is 11.6 Å². The third-order valence-electron chi connectivity index (χ3n) is 2.44. The van der Waals surface area contributed by atoms with E-state index in [-0.39, 0.29) is 17.3 Å². The van der Waals surface area contributed by atoms with Crippen LogP contribution in [0.5, 0.6) is 5.75 Å². The molecule has 6 heteroatoms. The van der Waals surface area contributed by atoms with Crippen molar-refractivity contribution >= 4 is 28.9 Å². The normalized spacial score (nSPS) is 14.4. The Morgan fingerprint density at radius 2 is 2.06 bits per heavy atom. The minimum atomic E-state index is -1.12. The van der Waals surface area contributed by atoms with Gasteiger partial charge in [-0.2, -0.15) is 0 Å². The number of hydrogen-bond donors (Lipinski definition) is 3. The van der Waals surface area contributed by atoms with E-state index in [2.05, 4.69) is 0 Å². The molecule has 0 saturated heterocycles. The van der Waals surface area contributed by atoms with Crippen molar-refractivity contribution in [2.24, 2.45) is 0 Å². The largest absolute Gasteiger partial charge is 0.495 e. The summed E-state index contributed by atoms with van der Waals surface area (Å²) in [4.78, 5) is 0. The second-order valence-electron chi connectivity index (χ2n) is 3.61. The molecule has 2 unspecified atom stereocenters. The summed E-state index contributed by atoms with van der Waals surface area (Å²) in [5.74, 6) is 0.656. The van der Waals surface area contributed by atoms with E-state index in [9.17, 15) is 10.2 Å². The zero-order valence-electron chi connectivity index (χ0n) is 9.36. The number of aliphatic hydroxyl groups excluding tert-OH is 2. The first kappa shape index (κ1) is 14.4. The lowest BCUT2D eigenvalue weighted by Crippen LogP contribution is -2.19. The van der Waals surface area contributed by atoms with Crippen LogP contribution in [0.2, 0.25) is 5.02 Å². The number of halogens is 2. The van der Waals surface area contributed by atoms with Crippen molar-refractivity contribution in [3.05, 3.63) is 22.7 Å². The molecule has 0 aliphatic carbocycles. The predicted octanol–water partition coefficient (Wildman–Crippen LogP) is 1.95. The summed E-state index contributed by atoms with van der Waals surface area (Å²) in [6.07, 6.45) is -1.82. The highest BCUT2D eigenvalue weighted by molar-refractivity contribution is 6.31. The van der Waals surface area contributed by atoms with Gasteiger partial charge in [-0.25, -0.2) is 0 Å². The topological polar surface area (TPSA) is 75.7 Å². The van der Waals surface area contributed by atoms with Gasteiger partial charge in [0.05, 0.1) is 18.9 Å². The number of aliphatic hydroxyl groups is 2. The average Bonchev–Trinajstić information content (AvgIpc) is 2.29. The Kier molecular flexibility index (Phi) is 5.33. The number of methoxy groups -OCH3 is 1. The highest BCUT2D eigenvalue weighted by Crippen LogP contribution is 2.34. The second-order valence-corrected chi connectivity index (χ2v) is 4.39. The predicted molar refractivity (Wildman–Crippen MR) is 68.7 cm³/mol. The van der Waals surface area contributed by atoms with Crippen LogP contribution in [0.4, 0.5) is 5.69 Å². The van der Waals surface area contributed by atoms with E-state index in [1.54, 1.807) is 0 Å². The van der Waals surface area contributed by atoms with Crippen LogP contribution < -0.4 is 10.5 Å². The fraction of sp³-hybridized carbons (Fsp3) is 0.455. The molecule has 1 rings (SSSR count). The summed E-state index contributed by atoms with van der Waals surface area (Å²) in [6, 6.07) is 2.99. The van der Waals surface area contributed by atoms with E-state index in [1.165, 1.54) is 19.2 Å². The Balaban J connectivity index is 3.04. The van der Waals surface area contributed by atoms with Gasteiger partial charge in [0.25, 0.3) is 0 Å². The summed E-state index contributed by atoms with van der Waals surface area (Å²) in [6.45, 7) is 0. The number of benzene rings is 1. The molecule has 1 aromatic rings. The molecule has 17 heavy (non-hydrogen) atoms. The molecule has 96 valence electrons. The van der Waals surface area contributed by atoms with Gasteiger partial charge >= 0.3 is 0 Å². The fourth-order valence-electron chi connectivity index (χ4n) is 1.46. The van der Waals surface area contributed by atoms with Crippen LogP contribution in [0.1, 0.15) is 18.1 Å². The molecule has 1 aromatic carbocycles. The molecule has 0 radical (unpaired) electrons. The number of ether oxygens (including phenoxy) is 1. The lowest BCUT2D eigenvalue weighted by atomic mass is 10.0. The van der Waals surface area contributed by atoms with Crippen LogP contribution in [-0.2, 0) is 0 Å². The van der Waals surface area contributed by atoms with Gasteiger partial charge in [0.1, 0.15) is 11.9 Å². The zero-order chi connectivity index (χ0) is 13.0. The standard InChI is InChI=1S/C11H15Cl2NO3/c1-17-10-4-6(7(13)5-8(10)14)11(16)9(15)2-3-12/h4-5,9,11,15-16H,2-3,14H2,1H3. The lowest BCUT2D eigenvalue weighted by Gasteiger charge is -2.19. The lowest BCUT2D eigenvalue weighted by molar-refractivity contribution is 0.0169. The third kappa shape index (κ3) is 3.39. The van der Waals surface area contributed by atoms with E-state index in [0.717, 1.165) is 0 Å². The van der Waals surface area contributed by atoms with Gasteiger partial charge in [0, 0.05) is 16.5 Å². The van der Waals surface area contributed by atoms with Crippen LogP contribution in [0.3, 0.4) is 0 Å². The van der Waals surface area contributed by atoms with Gasteiger partial charge in [-0.15, -0.1) is 11.6 Å². The molecule has 0 fully saturated rings. The molecule has 0 aromatic heterocycles. The quantitative estimate of drug-likeness (QED) is 0.569. The molecule has 0 amide bonds. The van der Waals surface area contributed by atoms with E-state index in [0.29, 0.717) is 17.0 Å². The molecule has 0 aliphatic heterocycles. The average molecular weight is 280 g/mol. The number of hydrogen-bond acceptors (Lipinski definition) is 4. The van der Waals surface area contributed by atoms with Crippen molar-refractivity contribution in [1.29, 1.82) is 0 Å². The maximum atomic E-state index is 9.92. The van der Waals surface area contributed by atoms with E-state index in [1.807, 2.05) is 0 Å². The first-order valence-corrected chi connectivity index (χ1v) is 5.97. The van der Waals surface area contributed by atoms with Crippen LogP contribution in [0, 0.1) is 0 Å². The van der Waals surface area contributed by atoms with Crippen LogP contribution >= 0.6 is 23.2 Å². The van der Waals surface area contributed by atoms with Gasteiger partial charge in [0.2, 0.25) is 0 Å². The number of anilines is 1. The summed E-state index contributed by atoms with van der Waals surface area (Å²) >= 11 is 11.5. The van der Waals surface area contributed by atoms with Crippen molar-refractivity contribution in [2.75, 3.05) is 18.7 Å². The molecule has 0 heterocycles. The van der Waals surface area contributed by atoms with Gasteiger partial charge in [-0.05, 0) is 18.6 Å². The molecule has 0 bridgehead atoms. The Labute approximate surface area is 110 Å². The van der Waals surface area contributed by atoms with Gasteiger partial charge in [-0.3, -0.25) is 0 Å². The number of rotatable bonds is 5. The summed E-state index contributed by atoms with van der Waals surface area (Å²) in [7, 11) is 1.46. The Morgan fingerprint density at radius 1 is 1.41 bits per heavy atom. The van der Waals surface area contributed by atoms with E-state index >= 15 is 0 Å². The first-order chi connectivity index (χ1) is 8.01. The van der Waals surface area contributed by atoms with Crippen LogP contribution in [0.25, 0.3) is 0 Å².